The molecule has 1 aliphatic heterocycles. The highest BCUT2D eigenvalue weighted by molar-refractivity contribution is 5.88. The van der Waals surface area contributed by atoms with Crippen LogP contribution in [0.3, 0.4) is 0 Å². The standard InChI is InChI=1S/C22H23N7O3/c1-24-17-4-2-14(10-15(17)12-23)19-11-20(26-16-3-5-18(21(30)31)25-13-16)28-22(27-19)29-6-8-32-9-7-29/h2-5,10-13,23-24H,6-9H2,1H3,(H,30,31)(H,26,27,28). The zero-order valence-electron chi connectivity index (χ0n) is 17.5. The second-order valence-electron chi connectivity index (χ2n) is 7.10. The molecule has 4 N–H and O–H groups in total. The van der Waals surface area contributed by atoms with Gasteiger partial charge in [0.15, 0.2) is 0 Å². The fourth-order valence-electron chi connectivity index (χ4n) is 3.36. The molecule has 1 aromatic carbocycles. The second-order valence-corrected chi connectivity index (χ2v) is 7.10. The minimum atomic E-state index is -1.08. The fourth-order valence-corrected chi connectivity index (χ4v) is 3.36. The lowest BCUT2D eigenvalue weighted by molar-refractivity contribution is 0.0690. The van der Waals surface area contributed by atoms with Gasteiger partial charge in [0.2, 0.25) is 5.95 Å². The van der Waals surface area contributed by atoms with Gasteiger partial charge in [0.25, 0.3) is 0 Å². The van der Waals surface area contributed by atoms with E-state index in [4.69, 9.17) is 20.2 Å². The van der Waals surface area contributed by atoms with E-state index >= 15 is 0 Å². The van der Waals surface area contributed by atoms with Gasteiger partial charge in [-0.15, -0.1) is 0 Å². The van der Waals surface area contributed by atoms with Crippen molar-refractivity contribution in [2.75, 3.05) is 48.9 Å². The Morgan fingerprint density at radius 1 is 1.19 bits per heavy atom. The number of morpholine rings is 1. The quantitative estimate of drug-likeness (QED) is 0.415. The van der Waals surface area contributed by atoms with E-state index in [0.717, 1.165) is 16.8 Å². The van der Waals surface area contributed by atoms with Crippen LogP contribution < -0.4 is 15.5 Å². The first-order valence-electron chi connectivity index (χ1n) is 10.1. The summed E-state index contributed by atoms with van der Waals surface area (Å²) in [6.07, 6.45) is 2.75. The number of nitrogens with one attached hydrogen (secondary N) is 3. The van der Waals surface area contributed by atoms with Gasteiger partial charge in [-0.1, -0.05) is 6.07 Å². The molecule has 3 aromatic rings. The molecule has 0 aliphatic carbocycles. The van der Waals surface area contributed by atoms with Crippen molar-refractivity contribution in [3.63, 3.8) is 0 Å². The molecule has 1 aliphatic rings. The molecule has 0 radical (unpaired) electrons. The summed E-state index contributed by atoms with van der Waals surface area (Å²) in [7, 11) is 1.81. The molecule has 10 heteroatoms. The number of anilines is 4. The maximum Gasteiger partial charge on any atom is 0.354 e. The summed E-state index contributed by atoms with van der Waals surface area (Å²) in [4.78, 5) is 26.5. The Labute approximate surface area is 184 Å². The van der Waals surface area contributed by atoms with Crippen molar-refractivity contribution in [1.82, 2.24) is 15.0 Å². The van der Waals surface area contributed by atoms with Gasteiger partial charge in [0.1, 0.15) is 11.5 Å². The third-order valence-electron chi connectivity index (χ3n) is 5.04. The van der Waals surface area contributed by atoms with Crippen LogP contribution in [-0.4, -0.2) is 65.6 Å². The first kappa shape index (κ1) is 21.2. The van der Waals surface area contributed by atoms with Gasteiger partial charge >= 0.3 is 5.97 Å². The van der Waals surface area contributed by atoms with Crippen molar-refractivity contribution >= 4 is 35.3 Å². The van der Waals surface area contributed by atoms with Crippen LogP contribution in [0.2, 0.25) is 0 Å². The number of hydrogen-bond donors (Lipinski definition) is 4. The van der Waals surface area contributed by atoms with Gasteiger partial charge in [-0.2, -0.15) is 4.98 Å². The number of ether oxygens (including phenoxy) is 1. The Morgan fingerprint density at radius 2 is 2.00 bits per heavy atom. The van der Waals surface area contributed by atoms with Crippen molar-refractivity contribution in [2.24, 2.45) is 0 Å². The zero-order valence-corrected chi connectivity index (χ0v) is 17.5. The molecule has 1 saturated heterocycles. The van der Waals surface area contributed by atoms with Crippen LogP contribution in [0.25, 0.3) is 11.3 Å². The maximum absolute atomic E-state index is 11.1. The van der Waals surface area contributed by atoms with Gasteiger partial charge in [0.05, 0.1) is 30.8 Å². The van der Waals surface area contributed by atoms with E-state index in [1.165, 1.54) is 18.5 Å². The Balaban J connectivity index is 1.72. The smallest absolute Gasteiger partial charge is 0.354 e. The lowest BCUT2D eigenvalue weighted by Crippen LogP contribution is -2.37. The summed E-state index contributed by atoms with van der Waals surface area (Å²) in [5.41, 5.74) is 3.73. The lowest BCUT2D eigenvalue weighted by Gasteiger charge is -2.27. The number of aromatic carboxylic acids is 1. The number of hydrogen-bond acceptors (Lipinski definition) is 9. The van der Waals surface area contributed by atoms with E-state index < -0.39 is 5.97 Å². The molecule has 0 amide bonds. The summed E-state index contributed by atoms with van der Waals surface area (Å²) in [6.45, 7) is 2.57. The van der Waals surface area contributed by atoms with Crippen LogP contribution in [-0.2, 0) is 4.74 Å². The van der Waals surface area contributed by atoms with Crippen molar-refractivity contribution in [3.05, 3.63) is 53.9 Å². The maximum atomic E-state index is 11.1. The predicted molar refractivity (Wildman–Crippen MR) is 122 cm³/mol. The Morgan fingerprint density at radius 3 is 2.66 bits per heavy atom. The number of carboxylic acids is 1. The monoisotopic (exact) mass is 433 g/mol. The van der Waals surface area contributed by atoms with Gasteiger partial charge in [-0.05, 0) is 24.3 Å². The van der Waals surface area contributed by atoms with E-state index in [1.807, 2.05) is 31.3 Å². The van der Waals surface area contributed by atoms with Crippen LogP contribution in [0.15, 0.2) is 42.6 Å². The number of benzene rings is 1. The Kier molecular flexibility index (Phi) is 6.22. The summed E-state index contributed by atoms with van der Waals surface area (Å²) in [5.74, 6) is 0.0375. The molecule has 0 spiro atoms. The molecule has 4 rings (SSSR count). The van der Waals surface area contributed by atoms with Crippen LogP contribution in [0.5, 0.6) is 0 Å². The van der Waals surface area contributed by atoms with Gasteiger partial charge in [0, 0.05) is 49.2 Å². The van der Waals surface area contributed by atoms with Crippen LogP contribution in [0.4, 0.5) is 23.1 Å². The molecule has 0 saturated carbocycles. The number of aromatic nitrogens is 3. The van der Waals surface area contributed by atoms with Gasteiger partial charge in [-0.3, -0.25) is 0 Å². The van der Waals surface area contributed by atoms with Crippen LogP contribution in [0, 0.1) is 5.41 Å². The van der Waals surface area contributed by atoms with Crippen molar-refractivity contribution in [1.29, 1.82) is 5.41 Å². The second kappa shape index (κ2) is 9.40. The molecule has 3 heterocycles. The highest BCUT2D eigenvalue weighted by Crippen LogP contribution is 2.28. The molecule has 2 aromatic heterocycles. The average Bonchev–Trinajstić information content (AvgIpc) is 2.84. The number of carbonyl (C=O) groups is 1. The zero-order chi connectivity index (χ0) is 22.5. The van der Waals surface area contributed by atoms with Gasteiger partial charge in [-0.25, -0.2) is 14.8 Å². The predicted octanol–water partition coefficient (Wildman–Crippen LogP) is 2.86. The van der Waals surface area contributed by atoms with E-state index in [9.17, 15) is 4.79 Å². The fraction of sp³-hybridized carbons (Fsp3) is 0.227. The highest BCUT2D eigenvalue weighted by atomic mass is 16.5. The average molecular weight is 433 g/mol. The van der Waals surface area contributed by atoms with E-state index in [2.05, 4.69) is 25.5 Å². The summed E-state index contributed by atoms with van der Waals surface area (Å²) in [5, 5.41) is 23.0. The molecule has 32 heavy (non-hydrogen) atoms. The molecule has 1 fully saturated rings. The van der Waals surface area contributed by atoms with E-state index in [0.29, 0.717) is 49.5 Å². The molecular formula is C22H23N7O3. The number of pyridine rings is 1. The van der Waals surface area contributed by atoms with Crippen molar-refractivity contribution in [3.8, 4) is 11.3 Å². The summed E-state index contributed by atoms with van der Waals surface area (Å²) in [6, 6.07) is 10.6. The first-order valence-corrected chi connectivity index (χ1v) is 10.1. The minimum absolute atomic E-state index is 0.0308. The Hall–Kier alpha value is -4.05. The molecular weight excluding hydrogens is 410 g/mol. The normalized spacial score (nSPS) is 13.5. The summed E-state index contributed by atoms with van der Waals surface area (Å²) >= 11 is 0. The van der Waals surface area contributed by atoms with Crippen molar-refractivity contribution in [2.45, 2.75) is 0 Å². The number of nitrogens with zero attached hydrogens (tertiary/aromatic N) is 4. The number of carboxylic acid groups (broad SMARTS) is 1. The van der Waals surface area contributed by atoms with Crippen LogP contribution in [0.1, 0.15) is 16.1 Å². The van der Waals surface area contributed by atoms with Crippen LogP contribution >= 0.6 is 0 Å². The van der Waals surface area contributed by atoms with Crippen molar-refractivity contribution < 1.29 is 14.6 Å². The third kappa shape index (κ3) is 4.65. The third-order valence-corrected chi connectivity index (χ3v) is 5.04. The van der Waals surface area contributed by atoms with E-state index in [-0.39, 0.29) is 5.69 Å². The summed E-state index contributed by atoms with van der Waals surface area (Å²) < 4.78 is 5.45. The van der Waals surface area contributed by atoms with Gasteiger partial charge < -0.3 is 30.8 Å². The topological polar surface area (TPSA) is 136 Å². The first-order chi connectivity index (χ1) is 15.6. The Bertz CT molecular complexity index is 1130. The molecule has 0 bridgehead atoms. The molecule has 0 unspecified atom stereocenters. The minimum Gasteiger partial charge on any atom is -0.477 e. The number of rotatable bonds is 7. The highest BCUT2D eigenvalue weighted by Gasteiger charge is 2.17. The molecule has 164 valence electrons. The largest absolute Gasteiger partial charge is 0.477 e. The molecule has 0 atom stereocenters. The lowest BCUT2D eigenvalue weighted by atomic mass is 10.1. The van der Waals surface area contributed by atoms with E-state index in [1.54, 1.807) is 6.07 Å². The SMILES string of the molecule is CNc1ccc(-c2cc(Nc3ccc(C(=O)O)nc3)nc(N3CCOCC3)n2)cc1C=N. The molecule has 10 nitrogen and oxygen atoms in total.